The Bertz CT molecular complexity index is 365. The fourth-order valence-corrected chi connectivity index (χ4v) is 1.85. The molecule has 1 unspecified atom stereocenters. The molecule has 6 heteroatoms. The third-order valence-electron chi connectivity index (χ3n) is 2.34. The van der Waals surface area contributed by atoms with Crippen molar-refractivity contribution in [3.05, 3.63) is 30.3 Å². The summed E-state index contributed by atoms with van der Waals surface area (Å²) in [5.74, 6) is -0.258. The lowest BCUT2D eigenvalue weighted by atomic mass is 10.2. The first-order valence-corrected chi connectivity index (χ1v) is 7.17. The Kier molecular flexibility index (Phi) is 5.65. The summed E-state index contributed by atoms with van der Waals surface area (Å²) in [4.78, 5) is 17.6. The van der Waals surface area contributed by atoms with Gasteiger partial charge in [0.05, 0.1) is 6.61 Å². The fraction of sp³-hybridized carbons (Fsp3) is 0.455. The van der Waals surface area contributed by atoms with Gasteiger partial charge in [0.25, 0.3) is 0 Å². The molecule has 0 aliphatic carbocycles. The first-order chi connectivity index (χ1) is 8.00. The van der Waals surface area contributed by atoms with Crippen molar-refractivity contribution in [1.29, 1.82) is 0 Å². The van der Waals surface area contributed by atoms with Crippen molar-refractivity contribution in [1.82, 2.24) is 0 Å². The highest BCUT2D eigenvalue weighted by Gasteiger charge is 2.23. The lowest BCUT2D eigenvalue weighted by Gasteiger charge is -2.12. The number of nitrogens with two attached hydrogens (primary N) is 1. The molecular formula is C11H18NO4P. The van der Waals surface area contributed by atoms with E-state index in [0.29, 0.717) is 19.4 Å². The largest absolute Gasteiger partial charge is 0.494 e. The van der Waals surface area contributed by atoms with Gasteiger partial charge in [0.1, 0.15) is 11.5 Å². The summed E-state index contributed by atoms with van der Waals surface area (Å²) in [7, 11) is -4.13. The number of ether oxygens (including phenoxy) is 1. The summed E-state index contributed by atoms with van der Waals surface area (Å²) < 4.78 is 16.2. The second kappa shape index (κ2) is 6.77. The molecule has 1 aromatic carbocycles. The molecule has 0 saturated heterocycles. The van der Waals surface area contributed by atoms with Crippen LogP contribution in [0.4, 0.5) is 0 Å². The number of hydrogen-bond donors (Lipinski definition) is 3. The van der Waals surface area contributed by atoms with E-state index in [1.54, 1.807) is 0 Å². The highest BCUT2D eigenvalue weighted by Crippen LogP contribution is 2.40. The maximum Gasteiger partial charge on any atom is 0.342 e. The predicted octanol–water partition coefficient (Wildman–Crippen LogP) is 1.70. The van der Waals surface area contributed by atoms with Crippen LogP contribution in [-0.2, 0) is 4.57 Å². The van der Waals surface area contributed by atoms with Gasteiger partial charge in [-0.25, -0.2) is 0 Å². The molecule has 0 amide bonds. The molecule has 1 aromatic rings. The summed E-state index contributed by atoms with van der Waals surface area (Å²) in [6.07, 6.45) is 1.67. The highest BCUT2D eigenvalue weighted by molar-refractivity contribution is 7.52. The van der Waals surface area contributed by atoms with Crippen LogP contribution in [0.2, 0.25) is 0 Å². The molecule has 0 aromatic heterocycles. The van der Waals surface area contributed by atoms with Crippen LogP contribution >= 0.6 is 7.60 Å². The van der Waals surface area contributed by atoms with E-state index in [0.717, 1.165) is 12.2 Å². The van der Waals surface area contributed by atoms with E-state index in [9.17, 15) is 4.57 Å². The minimum atomic E-state index is -4.13. The van der Waals surface area contributed by atoms with Gasteiger partial charge in [-0.3, -0.25) is 4.57 Å². The second-order valence-corrected chi connectivity index (χ2v) is 5.66. The Labute approximate surface area is 101 Å². The molecule has 4 N–H and O–H groups in total. The molecule has 0 heterocycles. The third-order valence-corrected chi connectivity index (χ3v) is 3.46. The van der Waals surface area contributed by atoms with Crippen molar-refractivity contribution in [2.45, 2.75) is 25.0 Å². The zero-order valence-corrected chi connectivity index (χ0v) is 10.4. The van der Waals surface area contributed by atoms with Crippen LogP contribution in [0.5, 0.6) is 5.75 Å². The van der Waals surface area contributed by atoms with Crippen LogP contribution in [0, 0.1) is 0 Å². The van der Waals surface area contributed by atoms with Crippen LogP contribution in [-0.4, -0.2) is 22.2 Å². The quantitative estimate of drug-likeness (QED) is 0.512. The van der Waals surface area contributed by atoms with Crippen molar-refractivity contribution in [3.63, 3.8) is 0 Å². The van der Waals surface area contributed by atoms with Gasteiger partial charge in [-0.15, -0.1) is 0 Å². The van der Waals surface area contributed by atoms with Crippen LogP contribution < -0.4 is 10.5 Å². The summed E-state index contributed by atoms with van der Waals surface area (Å²) in [5.41, 5.74) is 5.34. The van der Waals surface area contributed by atoms with Crippen LogP contribution in [0.25, 0.3) is 0 Å². The minimum absolute atomic E-state index is 0.308. The zero-order chi connectivity index (χ0) is 12.7. The van der Waals surface area contributed by atoms with Gasteiger partial charge >= 0.3 is 7.60 Å². The van der Waals surface area contributed by atoms with Gasteiger partial charge in [0.2, 0.25) is 0 Å². The monoisotopic (exact) mass is 259 g/mol. The molecule has 0 spiro atoms. The number of benzene rings is 1. The van der Waals surface area contributed by atoms with Gasteiger partial charge < -0.3 is 20.3 Å². The molecule has 0 fully saturated rings. The Morgan fingerprint density at radius 2 is 1.88 bits per heavy atom. The molecule has 0 radical (unpaired) electrons. The van der Waals surface area contributed by atoms with Gasteiger partial charge in [0, 0.05) is 0 Å². The maximum atomic E-state index is 10.8. The SMILES string of the molecule is NC(CCCCOc1ccccc1)P(=O)(O)O. The van der Waals surface area contributed by atoms with Crippen LogP contribution in [0.1, 0.15) is 19.3 Å². The van der Waals surface area contributed by atoms with E-state index in [-0.39, 0.29) is 0 Å². The standard InChI is InChI=1S/C11H18NO4P/c12-11(17(13,14)15)8-4-5-9-16-10-6-2-1-3-7-10/h1-3,6-7,11H,4-5,8-9,12H2,(H2,13,14,15). The van der Waals surface area contributed by atoms with Crippen LogP contribution in [0.3, 0.4) is 0 Å². The Morgan fingerprint density at radius 3 is 2.47 bits per heavy atom. The summed E-state index contributed by atoms with van der Waals surface area (Å²) >= 11 is 0. The van der Waals surface area contributed by atoms with E-state index in [2.05, 4.69) is 0 Å². The molecule has 0 bridgehead atoms. The smallest absolute Gasteiger partial charge is 0.342 e. The average molecular weight is 259 g/mol. The topological polar surface area (TPSA) is 92.8 Å². The fourth-order valence-electron chi connectivity index (χ4n) is 1.33. The Balaban J connectivity index is 2.11. The molecule has 17 heavy (non-hydrogen) atoms. The number of hydrogen-bond acceptors (Lipinski definition) is 3. The summed E-state index contributed by atoms with van der Waals surface area (Å²) in [6, 6.07) is 9.41. The van der Waals surface area contributed by atoms with Crippen molar-refractivity contribution in [2.24, 2.45) is 5.73 Å². The van der Waals surface area contributed by atoms with E-state index in [1.807, 2.05) is 30.3 Å². The number of rotatable bonds is 7. The first kappa shape index (κ1) is 14.2. The predicted molar refractivity (Wildman–Crippen MR) is 65.8 cm³/mol. The molecule has 0 saturated carbocycles. The lowest BCUT2D eigenvalue weighted by molar-refractivity contribution is 0.301. The van der Waals surface area contributed by atoms with Crippen molar-refractivity contribution >= 4 is 7.60 Å². The maximum absolute atomic E-state index is 10.8. The Morgan fingerprint density at radius 1 is 1.24 bits per heavy atom. The molecule has 96 valence electrons. The van der Waals surface area contributed by atoms with Gasteiger partial charge in [-0.2, -0.15) is 0 Å². The normalized spacial score (nSPS) is 13.4. The van der Waals surface area contributed by atoms with E-state index < -0.39 is 13.4 Å². The van der Waals surface area contributed by atoms with E-state index in [1.165, 1.54) is 0 Å². The molecule has 1 atom stereocenters. The van der Waals surface area contributed by atoms with Crippen molar-refractivity contribution in [2.75, 3.05) is 6.61 Å². The molecule has 1 rings (SSSR count). The molecular weight excluding hydrogens is 241 g/mol. The molecule has 5 nitrogen and oxygen atoms in total. The van der Waals surface area contributed by atoms with Gasteiger partial charge in [-0.05, 0) is 31.4 Å². The van der Waals surface area contributed by atoms with E-state index in [4.69, 9.17) is 20.3 Å². The van der Waals surface area contributed by atoms with E-state index >= 15 is 0 Å². The first-order valence-electron chi connectivity index (χ1n) is 5.49. The number of para-hydroxylation sites is 1. The summed E-state index contributed by atoms with van der Waals surface area (Å²) in [6.45, 7) is 0.526. The highest BCUT2D eigenvalue weighted by atomic mass is 31.2. The lowest BCUT2D eigenvalue weighted by Crippen LogP contribution is -2.19. The van der Waals surface area contributed by atoms with Crippen molar-refractivity contribution < 1.29 is 19.1 Å². The summed E-state index contributed by atoms with van der Waals surface area (Å²) in [5, 5.41) is 0. The second-order valence-electron chi connectivity index (χ2n) is 3.81. The van der Waals surface area contributed by atoms with Gasteiger partial charge in [-0.1, -0.05) is 18.2 Å². The minimum Gasteiger partial charge on any atom is -0.494 e. The van der Waals surface area contributed by atoms with Gasteiger partial charge in [0.15, 0.2) is 0 Å². The van der Waals surface area contributed by atoms with Crippen LogP contribution in [0.15, 0.2) is 30.3 Å². The van der Waals surface area contributed by atoms with Crippen molar-refractivity contribution in [3.8, 4) is 5.75 Å². The number of unbranched alkanes of at least 4 members (excludes halogenated alkanes) is 1. The Hall–Kier alpha value is -0.870. The molecule has 0 aliphatic heterocycles. The average Bonchev–Trinajstić information content (AvgIpc) is 2.28. The zero-order valence-electron chi connectivity index (χ0n) is 9.53. The molecule has 0 aliphatic rings. The third kappa shape index (κ3) is 5.84.